The largest absolute Gasteiger partial charge is 0.504 e. The van der Waals surface area contributed by atoms with Gasteiger partial charge in [-0.15, -0.1) is 0 Å². The van der Waals surface area contributed by atoms with E-state index in [1.807, 2.05) is 48.5 Å². The van der Waals surface area contributed by atoms with Gasteiger partial charge in [-0.05, 0) is 10.8 Å². The lowest BCUT2D eigenvalue weighted by Crippen LogP contribution is -1.85. The van der Waals surface area contributed by atoms with Crippen molar-refractivity contribution in [2.45, 2.75) is 0 Å². The summed E-state index contributed by atoms with van der Waals surface area (Å²) in [7, 11) is 0. The molecule has 2 heteroatoms. The van der Waals surface area contributed by atoms with E-state index in [2.05, 4.69) is 0 Å². The third-order valence-electron chi connectivity index (χ3n) is 3.62. The summed E-state index contributed by atoms with van der Waals surface area (Å²) < 4.78 is 0. The first-order chi connectivity index (χ1) is 8.77. The van der Waals surface area contributed by atoms with Crippen LogP contribution in [0.1, 0.15) is 0 Å². The van der Waals surface area contributed by atoms with Crippen molar-refractivity contribution in [1.29, 1.82) is 0 Å². The van der Waals surface area contributed by atoms with Crippen molar-refractivity contribution in [3.05, 3.63) is 48.5 Å². The molecule has 0 bridgehead atoms. The number of rotatable bonds is 0. The van der Waals surface area contributed by atoms with Crippen LogP contribution in [0.3, 0.4) is 0 Å². The Kier molecular flexibility index (Phi) is 1.61. The van der Waals surface area contributed by atoms with Crippen LogP contribution in [-0.4, -0.2) is 10.2 Å². The summed E-state index contributed by atoms with van der Waals surface area (Å²) in [6.07, 6.45) is 0. The van der Waals surface area contributed by atoms with Gasteiger partial charge >= 0.3 is 0 Å². The highest BCUT2D eigenvalue weighted by molar-refractivity contribution is 6.26. The smallest absolute Gasteiger partial charge is 0.166 e. The predicted molar refractivity (Wildman–Crippen MR) is 73.5 cm³/mol. The molecule has 0 saturated heterocycles. The maximum absolute atomic E-state index is 10.1. The Morgan fingerprint density at radius 3 is 1.44 bits per heavy atom. The molecular formula is C16H10O2. The molecule has 0 aliphatic rings. The lowest BCUT2D eigenvalue weighted by Gasteiger charge is -2.13. The van der Waals surface area contributed by atoms with Crippen LogP contribution >= 0.6 is 0 Å². The molecule has 0 amide bonds. The van der Waals surface area contributed by atoms with Gasteiger partial charge in [0.05, 0.1) is 0 Å². The molecule has 4 aromatic rings. The predicted octanol–water partition coefficient (Wildman–Crippen LogP) is 4.00. The van der Waals surface area contributed by atoms with Crippen LogP contribution in [0.4, 0.5) is 0 Å². The molecule has 4 aromatic carbocycles. The van der Waals surface area contributed by atoms with Gasteiger partial charge in [-0.3, -0.25) is 0 Å². The fourth-order valence-electron chi connectivity index (χ4n) is 2.81. The molecule has 0 radical (unpaired) electrons. The average molecular weight is 234 g/mol. The zero-order valence-corrected chi connectivity index (χ0v) is 9.51. The summed E-state index contributed by atoms with van der Waals surface area (Å²) in [5, 5.41) is 25.8. The van der Waals surface area contributed by atoms with Crippen LogP contribution < -0.4 is 0 Å². The van der Waals surface area contributed by atoms with E-state index in [4.69, 9.17) is 0 Å². The van der Waals surface area contributed by atoms with Gasteiger partial charge in [-0.2, -0.15) is 0 Å². The third kappa shape index (κ3) is 0.979. The average Bonchev–Trinajstić information content (AvgIpc) is 2.43. The van der Waals surface area contributed by atoms with Gasteiger partial charge in [0.1, 0.15) is 0 Å². The molecule has 2 nitrogen and oxygen atoms in total. The standard InChI is InChI=1S/C16H10O2/c17-15-11-5-1-3-9-7-8-10-4-2-6-12(16(15)18)14(10)13(9)11/h1-8,17-18H. The number of phenols is 2. The Bertz CT molecular complexity index is 819. The maximum atomic E-state index is 10.1. The second-order valence-electron chi connectivity index (χ2n) is 4.57. The zero-order chi connectivity index (χ0) is 12.3. The Morgan fingerprint density at radius 1 is 0.556 bits per heavy atom. The fraction of sp³-hybridized carbons (Fsp3) is 0. The van der Waals surface area contributed by atoms with Crippen molar-refractivity contribution in [1.82, 2.24) is 0 Å². The molecule has 0 unspecified atom stereocenters. The third-order valence-corrected chi connectivity index (χ3v) is 3.62. The summed E-state index contributed by atoms with van der Waals surface area (Å²) in [4.78, 5) is 0. The van der Waals surface area contributed by atoms with E-state index in [0.717, 1.165) is 21.5 Å². The SMILES string of the molecule is Oc1c(O)c2cccc3ccc4cccc1c4c32. The number of aromatic hydroxyl groups is 2. The van der Waals surface area contributed by atoms with E-state index in [9.17, 15) is 10.2 Å². The number of hydrogen-bond donors (Lipinski definition) is 2. The monoisotopic (exact) mass is 234 g/mol. The van der Waals surface area contributed by atoms with E-state index in [0.29, 0.717) is 10.8 Å². The van der Waals surface area contributed by atoms with Crippen molar-refractivity contribution in [2.24, 2.45) is 0 Å². The summed E-state index contributed by atoms with van der Waals surface area (Å²) in [6, 6.07) is 15.6. The van der Waals surface area contributed by atoms with Gasteiger partial charge < -0.3 is 10.2 Å². The molecule has 0 heterocycles. The van der Waals surface area contributed by atoms with E-state index in [-0.39, 0.29) is 11.5 Å². The molecule has 0 saturated carbocycles. The van der Waals surface area contributed by atoms with Gasteiger partial charge in [0.15, 0.2) is 11.5 Å². The molecule has 2 N–H and O–H groups in total. The molecule has 4 rings (SSSR count). The first kappa shape index (κ1) is 9.54. The topological polar surface area (TPSA) is 40.5 Å². The van der Waals surface area contributed by atoms with E-state index < -0.39 is 0 Å². The van der Waals surface area contributed by atoms with Crippen LogP contribution in [0.2, 0.25) is 0 Å². The van der Waals surface area contributed by atoms with Gasteiger partial charge in [0.2, 0.25) is 0 Å². The summed E-state index contributed by atoms with van der Waals surface area (Å²) in [5.74, 6) is -0.0707. The van der Waals surface area contributed by atoms with Gasteiger partial charge in [0, 0.05) is 21.5 Å². The lowest BCUT2D eigenvalue weighted by atomic mass is 9.93. The minimum absolute atomic E-state index is 0.0354. The van der Waals surface area contributed by atoms with E-state index >= 15 is 0 Å². The molecule has 0 aliphatic carbocycles. The normalized spacial score (nSPS) is 11.8. The molecule has 86 valence electrons. The Balaban J connectivity index is 2.52. The van der Waals surface area contributed by atoms with Crippen LogP contribution in [0.25, 0.3) is 32.3 Å². The second kappa shape index (κ2) is 3.05. The van der Waals surface area contributed by atoms with Gasteiger partial charge in [-0.25, -0.2) is 0 Å². The van der Waals surface area contributed by atoms with Gasteiger partial charge in [-0.1, -0.05) is 48.5 Å². The summed E-state index contributed by atoms with van der Waals surface area (Å²) in [6.45, 7) is 0. The van der Waals surface area contributed by atoms with E-state index in [1.54, 1.807) is 0 Å². The summed E-state index contributed by atoms with van der Waals surface area (Å²) in [5.41, 5.74) is 0. The number of hydrogen-bond acceptors (Lipinski definition) is 2. The fourth-order valence-corrected chi connectivity index (χ4v) is 2.81. The van der Waals surface area contributed by atoms with Crippen molar-refractivity contribution < 1.29 is 10.2 Å². The molecular weight excluding hydrogens is 224 g/mol. The van der Waals surface area contributed by atoms with Crippen molar-refractivity contribution >= 4 is 32.3 Å². The number of phenolic OH excluding ortho intramolecular Hbond substituents is 2. The highest BCUT2D eigenvalue weighted by atomic mass is 16.3. The molecule has 0 spiro atoms. The zero-order valence-electron chi connectivity index (χ0n) is 9.51. The maximum Gasteiger partial charge on any atom is 0.166 e. The van der Waals surface area contributed by atoms with Crippen LogP contribution in [0.15, 0.2) is 48.5 Å². The quantitative estimate of drug-likeness (QED) is 0.356. The van der Waals surface area contributed by atoms with E-state index in [1.165, 1.54) is 0 Å². The van der Waals surface area contributed by atoms with Crippen molar-refractivity contribution in [3.63, 3.8) is 0 Å². The van der Waals surface area contributed by atoms with Crippen LogP contribution in [0, 0.1) is 0 Å². The highest BCUT2D eigenvalue weighted by Crippen LogP contribution is 2.45. The molecule has 0 aliphatic heterocycles. The Hall–Kier alpha value is -2.48. The Labute approximate surface area is 103 Å². The second-order valence-corrected chi connectivity index (χ2v) is 4.57. The summed E-state index contributed by atoms with van der Waals surface area (Å²) >= 11 is 0. The van der Waals surface area contributed by atoms with Crippen molar-refractivity contribution in [2.75, 3.05) is 0 Å². The molecule has 18 heavy (non-hydrogen) atoms. The first-order valence-electron chi connectivity index (χ1n) is 5.85. The van der Waals surface area contributed by atoms with Crippen molar-refractivity contribution in [3.8, 4) is 11.5 Å². The molecule has 0 atom stereocenters. The minimum Gasteiger partial charge on any atom is -0.504 e. The first-order valence-corrected chi connectivity index (χ1v) is 5.85. The lowest BCUT2D eigenvalue weighted by molar-refractivity contribution is 0.412. The Morgan fingerprint density at radius 2 is 1.00 bits per heavy atom. The van der Waals surface area contributed by atoms with Gasteiger partial charge in [0.25, 0.3) is 0 Å². The molecule has 0 fully saturated rings. The van der Waals surface area contributed by atoms with Crippen LogP contribution in [0.5, 0.6) is 11.5 Å². The highest BCUT2D eigenvalue weighted by Gasteiger charge is 2.15. The minimum atomic E-state index is -0.0354. The molecule has 0 aromatic heterocycles. The van der Waals surface area contributed by atoms with Crippen LogP contribution in [-0.2, 0) is 0 Å². The number of benzene rings is 4.